The molecule has 0 spiro atoms. The summed E-state index contributed by atoms with van der Waals surface area (Å²) in [7, 11) is 1.49. The van der Waals surface area contributed by atoms with Crippen LogP contribution in [-0.4, -0.2) is 65.6 Å². The Morgan fingerprint density at radius 3 is 2.62 bits per heavy atom. The van der Waals surface area contributed by atoms with Gasteiger partial charge in [-0.2, -0.15) is 0 Å². The van der Waals surface area contributed by atoms with Gasteiger partial charge in [0.25, 0.3) is 0 Å². The molecule has 1 fully saturated rings. The van der Waals surface area contributed by atoms with Crippen LogP contribution in [0, 0.1) is 0 Å². The van der Waals surface area contributed by atoms with Crippen LogP contribution in [0.4, 0.5) is 0 Å². The van der Waals surface area contributed by atoms with Crippen molar-refractivity contribution >= 4 is 12.0 Å². The second kappa shape index (κ2) is 9.00. The predicted octanol–water partition coefficient (Wildman–Crippen LogP) is 0.0508. The molecule has 1 amide bonds. The molecule has 2 rings (SSSR count). The Hall–Kier alpha value is -2.13. The summed E-state index contributed by atoms with van der Waals surface area (Å²) in [4.78, 5) is 11.5. The molecule has 8 nitrogen and oxygen atoms in total. The van der Waals surface area contributed by atoms with Crippen molar-refractivity contribution in [3.63, 3.8) is 0 Å². The van der Waals surface area contributed by atoms with Gasteiger partial charge in [-0.25, -0.2) is 0 Å². The maximum absolute atomic E-state index is 11.5. The SMILES string of the molecule is C/C=C/c1ccc(O[C@@H]2O[C@H](CO)[C@H](O)[C@H](O)[C@@H]2NC(C)=O)c(OC)c1. The molecule has 144 valence electrons. The molecule has 8 heteroatoms. The molecule has 0 aliphatic carbocycles. The highest BCUT2D eigenvalue weighted by Crippen LogP contribution is 2.32. The number of ether oxygens (including phenoxy) is 3. The standard InChI is InChI=1S/C18H25NO7/c1-4-5-11-6-7-12(13(8-11)24-3)25-18-15(19-10(2)21)17(23)16(22)14(9-20)26-18/h4-8,14-18,20,22-23H,9H2,1-3H3,(H,19,21)/b5-4+/t14-,15+,16+,17-,18-/m1/s1. The van der Waals surface area contributed by atoms with Crippen LogP contribution in [0.15, 0.2) is 24.3 Å². The van der Waals surface area contributed by atoms with Gasteiger partial charge in [0.05, 0.1) is 13.7 Å². The number of hydrogen-bond acceptors (Lipinski definition) is 7. The average molecular weight is 367 g/mol. The van der Waals surface area contributed by atoms with E-state index in [1.165, 1.54) is 14.0 Å². The van der Waals surface area contributed by atoms with E-state index in [4.69, 9.17) is 14.2 Å². The van der Waals surface area contributed by atoms with Crippen LogP contribution in [0.1, 0.15) is 19.4 Å². The molecule has 0 unspecified atom stereocenters. The first-order valence-electron chi connectivity index (χ1n) is 8.28. The Morgan fingerprint density at radius 1 is 1.31 bits per heavy atom. The summed E-state index contributed by atoms with van der Waals surface area (Å²) in [5.74, 6) is 0.351. The number of aliphatic hydroxyl groups excluding tert-OH is 3. The van der Waals surface area contributed by atoms with Crippen molar-refractivity contribution < 1.29 is 34.3 Å². The Kier molecular flexibility index (Phi) is 6.98. The lowest BCUT2D eigenvalue weighted by Crippen LogP contribution is -2.65. The molecule has 26 heavy (non-hydrogen) atoms. The van der Waals surface area contributed by atoms with E-state index in [0.29, 0.717) is 11.5 Å². The van der Waals surface area contributed by atoms with Crippen molar-refractivity contribution in [2.75, 3.05) is 13.7 Å². The normalized spacial score (nSPS) is 28.8. The molecule has 1 aliphatic rings. The molecule has 1 aromatic rings. The van der Waals surface area contributed by atoms with Crippen molar-refractivity contribution in [2.45, 2.75) is 44.5 Å². The molecule has 0 bridgehead atoms. The summed E-state index contributed by atoms with van der Waals surface area (Å²) >= 11 is 0. The number of allylic oxidation sites excluding steroid dienone is 1. The van der Waals surface area contributed by atoms with Gasteiger partial charge in [-0.1, -0.05) is 18.2 Å². The van der Waals surface area contributed by atoms with Crippen molar-refractivity contribution in [1.82, 2.24) is 5.32 Å². The third kappa shape index (κ3) is 4.53. The molecule has 0 saturated carbocycles. The highest BCUT2D eigenvalue weighted by atomic mass is 16.7. The lowest BCUT2D eigenvalue weighted by atomic mass is 9.97. The predicted molar refractivity (Wildman–Crippen MR) is 93.7 cm³/mol. The van der Waals surface area contributed by atoms with E-state index in [-0.39, 0.29) is 0 Å². The lowest BCUT2D eigenvalue weighted by Gasteiger charge is -2.42. The van der Waals surface area contributed by atoms with E-state index in [2.05, 4.69) is 5.32 Å². The third-order valence-electron chi connectivity index (χ3n) is 4.04. The zero-order valence-corrected chi connectivity index (χ0v) is 15.0. The van der Waals surface area contributed by atoms with Gasteiger partial charge in [0.1, 0.15) is 24.4 Å². The second-order valence-corrected chi connectivity index (χ2v) is 5.96. The topological polar surface area (TPSA) is 117 Å². The molecule has 0 radical (unpaired) electrons. The van der Waals surface area contributed by atoms with Crippen LogP contribution in [0.5, 0.6) is 11.5 Å². The maximum atomic E-state index is 11.5. The summed E-state index contributed by atoms with van der Waals surface area (Å²) in [5, 5.41) is 32.2. The van der Waals surface area contributed by atoms with E-state index in [1.807, 2.05) is 25.1 Å². The van der Waals surface area contributed by atoms with Crippen molar-refractivity contribution in [2.24, 2.45) is 0 Å². The van der Waals surface area contributed by atoms with Gasteiger partial charge in [-0.15, -0.1) is 0 Å². The van der Waals surface area contributed by atoms with Gasteiger partial charge >= 0.3 is 0 Å². The summed E-state index contributed by atoms with van der Waals surface area (Å²) < 4.78 is 16.7. The van der Waals surface area contributed by atoms with E-state index in [0.717, 1.165) is 5.56 Å². The van der Waals surface area contributed by atoms with Gasteiger partial charge in [0.2, 0.25) is 12.2 Å². The van der Waals surface area contributed by atoms with Gasteiger partial charge in [-0.05, 0) is 24.6 Å². The quantitative estimate of drug-likeness (QED) is 0.561. The molecule has 1 heterocycles. The fourth-order valence-electron chi connectivity index (χ4n) is 2.77. The van der Waals surface area contributed by atoms with Crippen LogP contribution in [0.3, 0.4) is 0 Å². The number of nitrogens with one attached hydrogen (secondary N) is 1. The Labute approximate surface area is 152 Å². The van der Waals surface area contributed by atoms with Crippen LogP contribution < -0.4 is 14.8 Å². The number of rotatable bonds is 6. The minimum absolute atomic E-state index is 0.335. The Bertz CT molecular complexity index is 648. The largest absolute Gasteiger partial charge is 0.493 e. The molecule has 5 atom stereocenters. The number of amides is 1. The highest BCUT2D eigenvalue weighted by molar-refractivity contribution is 5.73. The zero-order valence-electron chi connectivity index (χ0n) is 15.0. The average Bonchev–Trinajstić information content (AvgIpc) is 2.62. The van der Waals surface area contributed by atoms with E-state index in [1.54, 1.807) is 12.1 Å². The van der Waals surface area contributed by atoms with Gasteiger partial charge < -0.3 is 34.8 Å². The third-order valence-corrected chi connectivity index (χ3v) is 4.04. The lowest BCUT2D eigenvalue weighted by molar-refractivity contribution is -0.244. The summed E-state index contributed by atoms with van der Waals surface area (Å²) in [6.45, 7) is 2.66. The fourth-order valence-corrected chi connectivity index (χ4v) is 2.77. The first-order valence-corrected chi connectivity index (χ1v) is 8.28. The molecule has 1 saturated heterocycles. The van der Waals surface area contributed by atoms with Crippen molar-refractivity contribution in [3.05, 3.63) is 29.8 Å². The first kappa shape index (κ1) is 20.2. The molecule has 1 aromatic carbocycles. The monoisotopic (exact) mass is 367 g/mol. The van der Waals surface area contributed by atoms with Crippen LogP contribution >= 0.6 is 0 Å². The summed E-state index contributed by atoms with van der Waals surface area (Å²) in [5.41, 5.74) is 0.906. The van der Waals surface area contributed by atoms with Crippen LogP contribution in [0.2, 0.25) is 0 Å². The molecule has 4 N–H and O–H groups in total. The fraction of sp³-hybridized carbons (Fsp3) is 0.500. The number of benzene rings is 1. The highest BCUT2D eigenvalue weighted by Gasteiger charge is 2.46. The van der Waals surface area contributed by atoms with Crippen molar-refractivity contribution in [3.8, 4) is 11.5 Å². The Morgan fingerprint density at radius 2 is 2.04 bits per heavy atom. The number of hydrogen-bond donors (Lipinski definition) is 4. The minimum atomic E-state index is -1.37. The van der Waals surface area contributed by atoms with Crippen LogP contribution in [0.25, 0.3) is 6.08 Å². The van der Waals surface area contributed by atoms with E-state index in [9.17, 15) is 20.1 Å². The number of carbonyl (C=O) groups is 1. The number of carbonyl (C=O) groups excluding carboxylic acids is 1. The van der Waals surface area contributed by atoms with Gasteiger partial charge in [-0.3, -0.25) is 4.79 Å². The Balaban J connectivity index is 2.29. The van der Waals surface area contributed by atoms with Gasteiger partial charge in [0, 0.05) is 6.92 Å². The minimum Gasteiger partial charge on any atom is -0.493 e. The van der Waals surface area contributed by atoms with E-state index >= 15 is 0 Å². The number of methoxy groups -OCH3 is 1. The zero-order chi connectivity index (χ0) is 19.3. The molecular weight excluding hydrogens is 342 g/mol. The first-order chi connectivity index (χ1) is 12.4. The van der Waals surface area contributed by atoms with Gasteiger partial charge in [0.15, 0.2) is 11.5 Å². The second-order valence-electron chi connectivity index (χ2n) is 5.96. The van der Waals surface area contributed by atoms with Crippen molar-refractivity contribution in [1.29, 1.82) is 0 Å². The molecule has 1 aliphatic heterocycles. The molecule has 0 aromatic heterocycles. The summed E-state index contributed by atoms with van der Waals surface area (Å²) in [6.07, 6.45) is -1.13. The van der Waals surface area contributed by atoms with E-state index < -0.39 is 43.2 Å². The maximum Gasteiger partial charge on any atom is 0.223 e. The molecular formula is C18H25NO7. The summed E-state index contributed by atoms with van der Waals surface area (Å²) in [6, 6.07) is 4.22. The van der Waals surface area contributed by atoms with Crippen LogP contribution in [-0.2, 0) is 9.53 Å². The number of aliphatic hydroxyl groups is 3. The smallest absolute Gasteiger partial charge is 0.223 e.